The summed E-state index contributed by atoms with van der Waals surface area (Å²) in [5.74, 6) is 0.771. The van der Waals surface area contributed by atoms with Crippen LogP contribution in [-0.4, -0.2) is 5.16 Å². The predicted molar refractivity (Wildman–Crippen MR) is 68.6 cm³/mol. The van der Waals surface area contributed by atoms with Crippen molar-refractivity contribution in [1.29, 1.82) is 0 Å². The molecule has 0 fully saturated rings. The summed E-state index contributed by atoms with van der Waals surface area (Å²) in [6, 6.07) is 13.7. The number of aromatic nitrogens is 1. The molecule has 3 aromatic rings. The average Bonchev–Trinajstić information content (AvgIpc) is 2.71. The molecule has 2 aromatic carbocycles. The first kappa shape index (κ1) is 9.90. The molecule has 2 N–H and O–H groups in total. The van der Waals surface area contributed by atoms with Gasteiger partial charge in [-0.2, -0.15) is 0 Å². The second-order valence-corrected chi connectivity index (χ2v) is 4.16. The number of anilines is 1. The SMILES string of the molecule is Cc1ccc2c(-c3cccc(N)c3)onc2c1. The van der Waals surface area contributed by atoms with Gasteiger partial charge in [-0.1, -0.05) is 23.4 Å². The normalized spacial score (nSPS) is 10.9. The van der Waals surface area contributed by atoms with Crippen LogP contribution >= 0.6 is 0 Å². The topological polar surface area (TPSA) is 52.0 Å². The van der Waals surface area contributed by atoms with Crippen molar-refractivity contribution in [3.63, 3.8) is 0 Å². The molecule has 0 saturated heterocycles. The first-order valence-electron chi connectivity index (χ1n) is 5.46. The van der Waals surface area contributed by atoms with E-state index in [4.69, 9.17) is 10.3 Å². The number of aryl methyl sites for hydroxylation is 1. The fourth-order valence-corrected chi connectivity index (χ4v) is 1.94. The van der Waals surface area contributed by atoms with Crippen molar-refractivity contribution in [1.82, 2.24) is 5.16 Å². The van der Waals surface area contributed by atoms with Crippen molar-refractivity contribution in [2.75, 3.05) is 5.73 Å². The number of hydrogen-bond donors (Lipinski definition) is 1. The lowest BCUT2D eigenvalue weighted by atomic mass is 10.1. The molecular weight excluding hydrogens is 212 g/mol. The van der Waals surface area contributed by atoms with Gasteiger partial charge in [0.25, 0.3) is 0 Å². The lowest BCUT2D eigenvalue weighted by Crippen LogP contribution is -1.84. The fourth-order valence-electron chi connectivity index (χ4n) is 1.94. The highest BCUT2D eigenvalue weighted by Crippen LogP contribution is 2.29. The van der Waals surface area contributed by atoms with Crippen LogP contribution in [0.15, 0.2) is 47.0 Å². The van der Waals surface area contributed by atoms with Crippen LogP contribution in [0.5, 0.6) is 0 Å². The Kier molecular flexibility index (Phi) is 2.11. The zero-order chi connectivity index (χ0) is 11.8. The molecule has 0 aliphatic carbocycles. The molecule has 0 saturated carbocycles. The second kappa shape index (κ2) is 3.63. The Morgan fingerprint density at radius 2 is 2.00 bits per heavy atom. The van der Waals surface area contributed by atoms with E-state index in [1.165, 1.54) is 5.56 Å². The van der Waals surface area contributed by atoms with Crippen LogP contribution in [0, 0.1) is 6.92 Å². The number of fused-ring (bicyclic) bond motifs is 1. The molecule has 3 nitrogen and oxygen atoms in total. The van der Waals surface area contributed by atoms with E-state index in [0.29, 0.717) is 0 Å². The van der Waals surface area contributed by atoms with Crippen LogP contribution in [0.25, 0.3) is 22.2 Å². The van der Waals surface area contributed by atoms with Crippen molar-refractivity contribution in [3.8, 4) is 11.3 Å². The summed E-state index contributed by atoms with van der Waals surface area (Å²) in [6.45, 7) is 2.04. The summed E-state index contributed by atoms with van der Waals surface area (Å²) < 4.78 is 5.41. The van der Waals surface area contributed by atoms with Crippen LogP contribution in [0.3, 0.4) is 0 Å². The van der Waals surface area contributed by atoms with Crippen molar-refractivity contribution >= 4 is 16.6 Å². The molecular formula is C14H12N2O. The van der Waals surface area contributed by atoms with E-state index in [0.717, 1.165) is 27.9 Å². The lowest BCUT2D eigenvalue weighted by Gasteiger charge is -1.98. The van der Waals surface area contributed by atoms with Gasteiger partial charge < -0.3 is 10.3 Å². The van der Waals surface area contributed by atoms with E-state index in [-0.39, 0.29) is 0 Å². The van der Waals surface area contributed by atoms with Gasteiger partial charge in [-0.05, 0) is 36.8 Å². The molecule has 0 radical (unpaired) electrons. The highest BCUT2D eigenvalue weighted by Gasteiger charge is 2.10. The van der Waals surface area contributed by atoms with Gasteiger partial charge in [-0.15, -0.1) is 0 Å². The third kappa shape index (κ3) is 1.65. The maximum absolute atomic E-state index is 5.77. The van der Waals surface area contributed by atoms with Crippen LogP contribution < -0.4 is 5.73 Å². The van der Waals surface area contributed by atoms with E-state index in [2.05, 4.69) is 11.2 Å². The van der Waals surface area contributed by atoms with Gasteiger partial charge >= 0.3 is 0 Å². The Morgan fingerprint density at radius 3 is 2.82 bits per heavy atom. The molecule has 3 heteroatoms. The Morgan fingerprint density at radius 1 is 1.12 bits per heavy atom. The van der Waals surface area contributed by atoms with Crippen LogP contribution in [0.4, 0.5) is 5.69 Å². The van der Waals surface area contributed by atoms with Crippen LogP contribution in [-0.2, 0) is 0 Å². The Bertz CT molecular complexity index is 686. The average molecular weight is 224 g/mol. The quantitative estimate of drug-likeness (QED) is 0.644. The highest BCUT2D eigenvalue weighted by atomic mass is 16.5. The van der Waals surface area contributed by atoms with Gasteiger partial charge in [0.15, 0.2) is 5.76 Å². The van der Waals surface area contributed by atoms with Crippen LogP contribution in [0.1, 0.15) is 5.56 Å². The molecule has 84 valence electrons. The summed E-state index contributed by atoms with van der Waals surface area (Å²) in [7, 11) is 0. The zero-order valence-corrected chi connectivity index (χ0v) is 9.47. The van der Waals surface area contributed by atoms with Gasteiger partial charge in [0.1, 0.15) is 5.52 Å². The predicted octanol–water partition coefficient (Wildman–Crippen LogP) is 3.39. The summed E-state index contributed by atoms with van der Waals surface area (Å²) in [5, 5.41) is 5.08. The first-order valence-corrected chi connectivity index (χ1v) is 5.46. The molecule has 1 heterocycles. The zero-order valence-electron chi connectivity index (χ0n) is 9.47. The molecule has 1 aromatic heterocycles. The van der Waals surface area contributed by atoms with E-state index < -0.39 is 0 Å². The summed E-state index contributed by atoms with van der Waals surface area (Å²) in [5.41, 5.74) is 9.50. The number of benzene rings is 2. The van der Waals surface area contributed by atoms with Gasteiger partial charge in [-0.25, -0.2) is 0 Å². The standard InChI is InChI=1S/C14H12N2O/c1-9-5-6-12-13(7-9)16-17-14(12)10-3-2-4-11(15)8-10/h2-8H,15H2,1H3. The van der Waals surface area contributed by atoms with E-state index >= 15 is 0 Å². The number of nitrogen functional groups attached to an aromatic ring is 1. The Labute approximate surface area is 98.8 Å². The fraction of sp³-hybridized carbons (Fsp3) is 0.0714. The van der Waals surface area contributed by atoms with Gasteiger partial charge in [0.2, 0.25) is 0 Å². The third-order valence-corrected chi connectivity index (χ3v) is 2.78. The molecule has 0 aliphatic heterocycles. The van der Waals surface area contributed by atoms with Crippen molar-refractivity contribution in [2.24, 2.45) is 0 Å². The van der Waals surface area contributed by atoms with Gasteiger partial charge in [0, 0.05) is 16.6 Å². The largest absolute Gasteiger partial charge is 0.399 e. The number of nitrogens with two attached hydrogens (primary N) is 1. The van der Waals surface area contributed by atoms with Gasteiger partial charge in [0.05, 0.1) is 0 Å². The van der Waals surface area contributed by atoms with Gasteiger partial charge in [-0.3, -0.25) is 0 Å². The molecule has 0 aliphatic rings. The van der Waals surface area contributed by atoms with Crippen molar-refractivity contribution < 1.29 is 4.52 Å². The summed E-state index contributed by atoms with van der Waals surface area (Å²) >= 11 is 0. The molecule has 0 atom stereocenters. The van der Waals surface area contributed by atoms with E-state index in [1.807, 2.05) is 43.3 Å². The highest BCUT2D eigenvalue weighted by molar-refractivity contribution is 5.92. The Hall–Kier alpha value is -2.29. The van der Waals surface area contributed by atoms with Crippen molar-refractivity contribution in [3.05, 3.63) is 48.0 Å². The summed E-state index contributed by atoms with van der Waals surface area (Å²) in [6.07, 6.45) is 0. The number of rotatable bonds is 1. The number of hydrogen-bond acceptors (Lipinski definition) is 3. The molecule has 3 rings (SSSR count). The minimum atomic E-state index is 0.721. The maximum atomic E-state index is 5.77. The maximum Gasteiger partial charge on any atom is 0.174 e. The minimum absolute atomic E-state index is 0.721. The van der Waals surface area contributed by atoms with Crippen LogP contribution in [0.2, 0.25) is 0 Å². The second-order valence-electron chi connectivity index (χ2n) is 4.16. The lowest BCUT2D eigenvalue weighted by molar-refractivity contribution is 0.441. The molecule has 0 amide bonds. The molecule has 0 bridgehead atoms. The van der Waals surface area contributed by atoms with E-state index in [1.54, 1.807) is 0 Å². The molecule has 0 unspecified atom stereocenters. The minimum Gasteiger partial charge on any atom is -0.399 e. The molecule has 0 spiro atoms. The Balaban J connectivity index is 2.24. The first-order chi connectivity index (χ1) is 8.24. The van der Waals surface area contributed by atoms with E-state index in [9.17, 15) is 0 Å². The third-order valence-electron chi connectivity index (χ3n) is 2.78. The van der Waals surface area contributed by atoms with Crippen molar-refractivity contribution in [2.45, 2.75) is 6.92 Å². The smallest absolute Gasteiger partial charge is 0.174 e. The monoisotopic (exact) mass is 224 g/mol. The summed E-state index contributed by atoms with van der Waals surface area (Å²) in [4.78, 5) is 0. The molecule has 17 heavy (non-hydrogen) atoms. The number of nitrogens with zero attached hydrogens (tertiary/aromatic N) is 1.